The summed E-state index contributed by atoms with van der Waals surface area (Å²) in [4.78, 5) is 18.5. The molecule has 9 heteroatoms. The molecule has 0 N–H and O–H groups in total. The summed E-state index contributed by atoms with van der Waals surface area (Å²) in [5.41, 5.74) is 3.74. The summed E-state index contributed by atoms with van der Waals surface area (Å²) in [6.45, 7) is 4.67. The molecule has 2 aliphatic rings. The standard InChI is InChI=1S/C32H38N4O5/c1-38-24-11-13-30(40-3)27(18-24)29-20-28(26-12-10-25(39-2)19-31(26)41-4)33-36(29)32(37)22-35-16-14-34(15-17-35)21-23-8-6-5-7-9-23/h5-13,18-19,29H,14-17,20-22H2,1-4H3. The fraction of sp³-hybridized carbons (Fsp3) is 0.375. The normalized spacial score (nSPS) is 17.7. The van der Waals surface area contributed by atoms with Gasteiger partial charge in [-0.25, -0.2) is 5.01 Å². The summed E-state index contributed by atoms with van der Waals surface area (Å²) in [6, 6.07) is 21.4. The van der Waals surface area contributed by atoms with Crippen molar-refractivity contribution in [3.63, 3.8) is 0 Å². The van der Waals surface area contributed by atoms with E-state index in [0.29, 0.717) is 36.0 Å². The number of ether oxygens (including phenoxy) is 4. The van der Waals surface area contributed by atoms with Crippen LogP contribution < -0.4 is 18.9 Å². The first-order chi connectivity index (χ1) is 20.0. The van der Waals surface area contributed by atoms with E-state index >= 15 is 0 Å². The molecule has 3 aromatic carbocycles. The molecule has 1 unspecified atom stereocenters. The number of amides is 1. The Morgan fingerprint density at radius 1 is 0.780 bits per heavy atom. The monoisotopic (exact) mass is 558 g/mol. The molecule has 5 rings (SSSR count). The van der Waals surface area contributed by atoms with Crippen molar-refractivity contribution in [2.75, 3.05) is 61.2 Å². The topological polar surface area (TPSA) is 76.1 Å². The van der Waals surface area contributed by atoms with Gasteiger partial charge in [-0.2, -0.15) is 5.10 Å². The van der Waals surface area contributed by atoms with Gasteiger partial charge in [0.05, 0.1) is 46.7 Å². The zero-order valence-electron chi connectivity index (χ0n) is 24.2. The third kappa shape index (κ3) is 6.47. The molecule has 41 heavy (non-hydrogen) atoms. The van der Waals surface area contributed by atoms with E-state index in [2.05, 4.69) is 34.1 Å². The zero-order valence-corrected chi connectivity index (χ0v) is 24.2. The SMILES string of the molecule is COc1ccc(C2=NN(C(=O)CN3CCN(Cc4ccccc4)CC3)C(c3cc(OC)ccc3OC)C2)c(OC)c1. The van der Waals surface area contributed by atoms with Crippen LogP contribution >= 0.6 is 0 Å². The number of nitrogens with zero attached hydrogens (tertiary/aromatic N) is 4. The van der Waals surface area contributed by atoms with E-state index in [-0.39, 0.29) is 11.9 Å². The molecule has 0 bridgehead atoms. The van der Waals surface area contributed by atoms with Gasteiger partial charge < -0.3 is 18.9 Å². The van der Waals surface area contributed by atoms with Crippen molar-refractivity contribution in [3.8, 4) is 23.0 Å². The number of rotatable bonds is 10. The minimum atomic E-state index is -0.353. The van der Waals surface area contributed by atoms with E-state index in [1.54, 1.807) is 33.4 Å². The molecular formula is C32H38N4O5. The van der Waals surface area contributed by atoms with Gasteiger partial charge in [-0.3, -0.25) is 14.6 Å². The van der Waals surface area contributed by atoms with Crippen molar-refractivity contribution in [2.45, 2.75) is 19.0 Å². The number of piperazine rings is 1. The Labute approximate surface area is 241 Å². The van der Waals surface area contributed by atoms with Crippen molar-refractivity contribution in [3.05, 3.63) is 83.4 Å². The summed E-state index contributed by atoms with van der Waals surface area (Å²) in [5.74, 6) is 2.65. The van der Waals surface area contributed by atoms with E-state index in [9.17, 15) is 4.79 Å². The van der Waals surface area contributed by atoms with Gasteiger partial charge in [-0.1, -0.05) is 30.3 Å². The molecule has 0 spiro atoms. The average Bonchev–Trinajstić information content (AvgIpc) is 3.47. The van der Waals surface area contributed by atoms with Crippen LogP contribution in [-0.2, 0) is 11.3 Å². The lowest BCUT2D eigenvalue weighted by Gasteiger charge is -2.35. The average molecular weight is 559 g/mol. The van der Waals surface area contributed by atoms with Crippen LogP contribution in [0.15, 0.2) is 71.8 Å². The Morgan fingerprint density at radius 3 is 2.12 bits per heavy atom. The van der Waals surface area contributed by atoms with E-state index in [1.807, 2.05) is 42.5 Å². The molecule has 0 saturated carbocycles. The lowest BCUT2D eigenvalue weighted by atomic mass is 9.96. The highest BCUT2D eigenvalue weighted by Crippen LogP contribution is 2.41. The fourth-order valence-corrected chi connectivity index (χ4v) is 5.49. The van der Waals surface area contributed by atoms with E-state index in [0.717, 1.165) is 49.6 Å². The first-order valence-corrected chi connectivity index (χ1v) is 13.9. The zero-order chi connectivity index (χ0) is 28.8. The maximum atomic E-state index is 13.9. The Kier molecular flexibility index (Phi) is 9.06. The van der Waals surface area contributed by atoms with E-state index in [1.165, 1.54) is 5.56 Å². The molecule has 1 atom stereocenters. The van der Waals surface area contributed by atoms with Crippen LogP contribution in [0.2, 0.25) is 0 Å². The highest BCUT2D eigenvalue weighted by atomic mass is 16.5. The number of benzene rings is 3. The molecule has 0 aliphatic carbocycles. The maximum absolute atomic E-state index is 13.9. The molecule has 1 saturated heterocycles. The maximum Gasteiger partial charge on any atom is 0.257 e. The van der Waals surface area contributed by atoms with Gasteiger partial charge in [-0.15, -0.1) is 0 Å². The Morgan fingerprint density at radius 2 is 1.44 bits per heavy atom. The Balaban J connectivity index is 1.37. The molecule has 2 aliphatic heterocycles. The van der Waals surface area contributed by atoms with Gasteiger partial charge in [0.15, 0.2) is 0 Å². The molecule has 2 heterocycles. The van der Waals surface area contributed by atoms with Gasteiger partial charge >= 0.3 is 0 Å². The first kappa shape index (κ1) is 28.4. The molecule has 3 aromatic rings. The van der Waals surface area contributed by atoms with Crippen molar-refractivity contribution >= 4 is 11.6 Å². The van der Waals surface area contributed by atoms with Crippen molar-refractivity contribution < 1.29 is 23.7 Å². The van der Waals surface area contributed by atoms with Crippen molar-refractivity contribution in [1.29, 1.82) is 0 Å². The molecule has 9 nitrogen and oxygen atoms in total. The summed E-state index contributed by atoms with van der Waals surface area (Å²) >= 11 is 0. The summed E-state index contributed by atoms with van der Waals surface area (Å²) in [5, 5.41) is 6.51. The number of methoxy groups -OCH3 is 4. The van der Waals surface area contributed by atoms with Crippen molar-refractivity contribution in [2.24, 2.45) is 5.10 Å². The quantitative estimate of drug-likeness (QED) is 0.369. The predicted octanol–water partition coefficient (Wildman–Crippen LogP) is 4.22. The summed E-state index contributed by atoms with van der Waals surface area (Å²) < 4.78 is 22.3. The molecule has 0 radical (unpaired) electrons. The van der Waals surface area contributed by atoms with Crippen LogP contribution in [0, 0.1) is 0 Å². The number of carbonyl (C=O) groups is 1. The van der Waals surface area contributed by atoms with Crippen LogP contribution in [0.3, 0.4) is 0 Å². The van der Waals surface area contributed by atoms with Gasteiger partial charge in [0.2, 0.25) is 0 Å². The number of hydrogen-bond acceptors (Lipinski definition) is 8. The second-order valence-corrected chi connectivity index (χ2v) is 10.2. The highest BCUT2D eigenvalue weighted by Gasteiger charge is 2.37. The third-order valence-corrected chi connectivity index (χ3v) is 7.75. The molecule has 1 fully saturated rings. The number of carbonyl (C=O) groups excluding carboxylic acids is 1. The highest BCUT2D eigenvalue weighted by molar-refractivity contribution is 6.05. The second-order valence-electron chi connectivity index (χ2n) is 10.2. The largest absolute Gasteiger partial charge is 0.497 e. The summed E-state index contributed by atoms with van der Waals surface area (Å²) in [6.07, 6.45) is 0.503. The number of hydrogen-bond donors (Lipinski definition) is 0. The fourth-order valence-electron chi connectivity index (χ4n) is 5.49. The molecule has 216 valence electrons. The molecule has 1 amide bonds. The molecule has 0 aromatic heterocycles. The first-order valence-electron chi connectivity index (χ1n) is 13.9. The van der Waals surface area contributed by atoms with Crippen LogP contribution in [0.25, 0.3) is 0 Å². The Bertz CT molecular complexity index is 1370. The van der Waals surface area contributed by atoms with Gasteiger partial charge in [0.1, 0.15) is 23.0 Å². The van der Waals surface area contributed by atoms with Crippen LogP contribution in [0.1, 0.15) is 29.2 Å². The van der Waals surface area contributed by atoms with Crippen LogP contribution in [-0.4, -0.2) is 87.6 Å². The lowest BCUT2D eigenvalue weighted by molar-refractivity contribution is -0.134. The smallest absolute Gasteiger partial charge is 0.257 e. The van der Waals surface area contributed by atoms with Crippen LogP contribution in [0.5, 0.6) is 23.0 Å². The Hall–Kier alpha value is -4.08. The molecular weight excluding hydrogens is 520 g/mol. The van der Waals surface area contributed by atoms with E-state index < -0.39 is 0 Å². The van der Waals surface area contributed by atoms with Gasteiger partial charge in [0, 0.05) is 56.3 Å². The van der Waals surface area contributed by atoms with Crippen LogP contribution in [0.4, 0.5) is 0 Å². The third-order valence-electron chi connectivity index (χ3n) is 7.75. The van der Waals surface area contributed by atoms with Crippen molar-refractivity contribution in [1.82, 2.24) is 14.8 Å². The minimum Gasteiger partial charge on any atom is -0.497 e. The summed E-state index contributed by atoms with van der Waals surface area (Å²) in [7, 11) is 6.51. The van der Waals surface area contributed by atoms with E-state index in [4.69, 9.17) is 24.0 Å². The lowest BCUT2D eigenvalue weighted by Crippen LogP contribution is -2.49. The second kappa shape index (κ2) is 13.1. The minimum absolute atomic E-state index is 0.0566. The van der Waals surface area contributed by atoms with Gasteiger partial charge in [0.25, 0.3) is 5.91 Å². The number of hydrazone groups is 1. The van der Waals surface area contributed by atoms with Gasteiger partial charge in [-0.05, 0) is 35.9 Å². The predicted molar refractivity (Wildman–Crippen MR) is 158 cm³/mol.